The minimum absolute atomic E-state index is 0.125. The van der Waals surface area contributed by atoms with Gasteiger partial charge >= 0.3 is 11.1 Å². The number of H-pyrrole nitrogens is 2. The van der Waals surface area contributed by atoms with Crippen molar-refractivity contribution in [3.8, 4) is 0 Å². The Morgan fingerprint density at radius 2 is 1.59 bits per heavy atom. The SMILES string of the molecule is NC(CCc1ccccc1)c1ccc2[nH]c(=O)c(=O)[nH]c2c1. The van der Waals surface area contributed by atoms with Crippen molar-refractivity contribution in [1.82, 2.24) is 9.97 Å². The van der Waals surface area contributed by atoms with Crippen LogP contribution in [0.1, 0.15) is 23.6 Å². The number of aromatic nitrogens is 2. The van der Waals surface area contributed by atoms with Gasteiger partial charge in [-0.1, -0.05) is 36.4 Å². The Morgan fingerprint density at radius 1 is 0.909 bits per heavy atom. The molecule has 1 unspecified atom stereocenters. The van der Waals surface area contributed by atoms with Crippen LogP contribution in [0.25, 0.3) is 11.0 Å². The molecule has 1 aromatic heterocycles. The number of benzene rings is 2. The molecule has 0 aliphatic carbocycles. The number of hydrogen-bond donors (Lipinski definition) is 3. The van der Waals surface area contributed by atoms with E-state index in [0.717, 1.165) is 18.4 Å². The molecule has 5 heteroatoms. The summed E-state index contributed by atoms with van der Waals surface area (Å²) in [6.45, 7) is 0. The van der Waals surface area contributed by atoms with Gasteiger partial charge in [-0.2, -0.15) is 0 Å². The number of nitrogens with two attached hydrogens (primary N) is 1. The van der Waals surface area contributed by atoms with Gasteiger partial charge in [-0.3, -0.25) is 9.59 Å². The number of hydrogen-bond acceptors (Lipinski definition) is 3. The fourth-order valence-corrected chi connectivity index (χ4v) is 2.50. The Bertz CT molecular complexity index is 897. The lowest BCUT2D eigenvalue weighted by molar-refractivity contribution is 0.652. The number of aryl methyl sites for hydroxylation is 1. The highest BCUT2D eigenvalue weighted by atomic mass is 16.2. The molecule has 112 valence electrons. The summed E-state index contributed by atoms with van der Waals surface area (Å²) in [5.74, 6) is 0. The van der Waals surface area contributed by atoms with Crippen LogP contribution in [0.15, 0.2) is 58.1 Å². The van der Waals surface area contributed by atoms with Crippen molar-refractivity contribution in [2.24, 2.45) is 5.73 Å². The molecule has 0 amide bonds. The summed E-state index contributed by atoms with van der Waals surface area (Å²) in [5, 5.41) is 0. The monoisotopic (exact) mass is 295 g/mol. The van der Waals surface area contributed by atoms with Crippen molar-refractivity contribution < 1.29 is 0 Å². The van der Waals surface area contributed by atoms with E-state index in [1.54, 1.807) is 6.07 Å². The van der Waals surface area contributed by atoms with E-state index < -0.39 is 11.1 Å². The fourth-order valence-electron chi connectivity index (χ4n) is 2.50. The molecule has 1 heterocycles. The van der Waals surface area contributed by atoms with Gasteiger partial charge in [-0.15, -0.1) is 0 Å². The Labute approximate surface area is 126 Å². The molecule has 0 spiro atoms. The maximum Gasteiger partial charge on any atom is 0.314 e. The Kier molecular flexibility index (Phi) is 3.89. The second-order valence-corrected chi connectivity index (χ2v) is 5.34. The molecular weight excluding hydrogens is 278 g/mol. The van der Waals surface area contributed by atoms with Crippen LogP contribution in [-0.2, 0) is 6.42 Å². The Balaban J connectivity index is 1.82. The maximum atomic E-state index is 11.4. The second kappa shape index (κ2) is 5.99. The van der Waals surface area contributed by atoms with E-state index in [4.69, 9.17) is 5.73 Å². The van der Waals surface area contributed by atoms with Crippen LogP contribution in [0.4, 0.5) is 0 Å². The van der Waals surface area contributed by atoms with E-state index in [2.05, 4.69) is 22.1 Å². The summed E-state index contributed by atoms with van der Waals surface area (Å²) in [6, 6.07) is 15.5. The van der Waals surface area contributed by atoms with Gasteiger partial charge in [0.25, 0.3) is 0 Å². The minimum Gasteiger partial charge on any atom is -0.324 e. The van der Waals surface area contributed by atoms with Crippen LogP contribution in [-0.4, -0.2) is 9.97 Å². The predicted molar refractivity (Wildman–Crippen MR) is 86.9 cm³/mol. The third kappa shape index (κ3) is 2.99. The lowest BCUT2D eigenvalue weighted by Gasteiger charge is -2.12. The summed E-state index contributed by atoms with van der Waals surface area (Å²) in [4.78, 5) is 27.8. The van der Waals surface area contributed by atoms with Crippen molar-refractivity contribution in [1.29, 1.82) is 0 Å². The van der Waals surface area contributed by atoms with Gasteiger partial charge in [-0.05, 0) is 36.1 Å². The highest BCUT2D eigenvalue weighted by molar-refractivity contribution is 5.74. The quantitative estimate of drug-likeness (QED) is 0.641. The van der Waals surface area contributed by atoms with E-state index in [-0.39, 0.29) is 6.04 Å². The van der Waals surface area contributed by atoms with Crippen LogP contribution in [0.5, 0.6) is 0 Å². The minimum atomic E-state index is -0.650. The average molecular weight is 295 g/mol. The fraction of sp³-hybridized carbons (Fsp3) is 0.176. The molecule has 0 fully saturated rings. The van der Waals surface area contributed by atoms with E-state index in [0.29, 0.717) is 11.0 Å². The molecule has 4 N–H and O–H groups in total. The lowest BCUT2D eigenvalue weighted by Crippen LogP contribution is -2.29. The van der Waals surface area contributed by atoms with Crippen molar-refractivity contribution >= 4 is 11.0 Å². The van der Waals surface area contributed by atoms with Crippen LogP contribution in [0, 0.1) is 0 Å². The zero-order chi connectivity index (χ0) is 15.5. The molecule has 22 heavy (non-hydrogen) atoms. The topological polar surface area (TPSA) is 91.7 Å². The third-order valence-corrected chi connectivity index (χ3v) is 3.76. The normalized spacial score (nSPS) is 12.4. The maximum absolute atomic E-state index is 11.4. The van der Waals surface area contributed by atoms with Crippen molar-refractivity contribution in [3.05, 3.63) is 80.4 Å². The summed E-state index contributed by atoms with van der Waals surface area (Å²) in [7, 11) is 0. The van der Waals surface area contributed by atoms with Crippen LogP contribution < -0.4 is 16.9 Å². The molecule has 1 atom stereocenters. The van der Waals surface area contributed by atoms with E-state index in [1.165, 1.54) is 5.56 Å². The smallest absolute Gasteiger partial charge is 0.314 e. The zero-order valence-electron chi connectivity index (χ0n) is 12.0. The van der Waals surface area contributed by atoms with Crippen LogP contribution in [0.3, 0.4) is 0 Å². The van der Waals surface area contributed by atoms with E-state index in [1.807, 2.05) is 30.3 Å². The Hall–Kier alpha value is -2.66. The number of aromatic amines is 2. The number of nitrogens with one attached hydrogen (secondary N) is 2. The number of rotatable bonds is 4. The molecule has 0 radical (unpaired) electrons. The summed E-state index contributed by atoms with van der Waals surface area (Å²) in [5.41, 5.74) is 8.32. The van der Waals surface area contributed by atoms with E-state index in [9.17, 15) is 9.59 Å². The first-order valence-electron chi connectivity index (χ1n) is 7.19. The molecule has 0 saturated heterocycles. The molecular formula is C17H17N3O2. The molecule has 2 aromatic carbocycles. The zero-order valence-corrected chi connectivity index (χ0v) is 12.0. The van der Waals surface area contributed by atoms with Gasteiger partial charge in [0.05, 0.1) is 11.0 Å². The lowest BCUT2D eigenvalue weighted by atomic mass is 9.99. The van der Waals surface area contributed by atoms with Crippen molar-refractivity contribution in [3.63, 3.8) is 0 Å². The first-order valence-corrected chi connectivity index (χ1v) is 7.19. The summed E-state index contributed by atoms with van der Waals surface area (Å²) >= 11 is 0. The molecule has 0 saturated carbocycles. The van der Waals surface area contributed by atoms with Gasteiger partial charge in [0.1, 0.15) is 0 Å². The largest absolute Gasteiger partial charge is 0.324 e. The molecule has 0 bridgehead atoms. The first kappa shape index (κ1) is 14.3. The highest BCUT2D eigenvalue weighted by Crippen LogP contribution is 2.19. The van der Waals surface area contributed by atoms with Gasteiger partial charge in [0.15, 0.2) is 0 Å². The molecule has 0 aliphatic heterocycles. The summed E-state index contributed by atoms with van der Waals surface area (Å²) < 4.78 is 0. The van der Waals surface area contributed by atoms with Crippen molar-refractivity contribution in [2.75, 3.05) is 0 Å². The average Bonchev–Trinajstić information content (AvgIpc) is 2.54. The van der Waals surface area contributed by atoms with Gasteiger partial charge in [0.2, 0.25) is 0 Å². The highest BCUT2D eigenvalue weighted by Gasteiger charge is 2.08. The van der Waals surface area contributed by atoms with E-state index >= 15 is 0 Å². The van der Waals surface area contributed by atoms with Gasteiger partial charge in [-0.25, -0.2) is 0 Å². The molecule has 3 rings (SSSR count). The predicted octanol–water partition coefficient (Wildman–Crippen LogP) is 1.85. The van der Waals surface area contributed by atoms with Gasteiger partial charge < -0.3 is 15.7 Å². The third-order valence-electron chi connectivity index (χ3n) is 3.76. The molecule has 0 aliphatic rings. The van der Waals surface area contributed by atoms with Gasteiger partial charge in [0, 0.05) is 6.04 Å². The standard InChI is InChI=1S/C17H17N3O2/c18-13(8-6-11-4-2-1-3-5-11)12-7-9-14-15(10-12)20-17(22)16(21)19-14/h1-5,7,9-10,13H,6,8,18H2,(H,19,21)(H,20,22). The number of fused-ring (bicyclic) bond motifs is 1. The Morgan fingerprint density at radius 3 is 2.32 bits per heavy atom. The molecule has 3 aromatic rings. The molecule has 5 nitrogen and oxygen atoms in total. The second-order valence-electron chi connectivity index (χ2n) is 5.34. The van der Waals surface area contributed by atoms with Crippen LogP contribution in [0.2, 0.25) is 0 Å². The first-order chi connectivity index (χ1) is 10.6. The summed E-state index contributed by atoms with van der Waals surface area (Å²) in [6.07, 6.45) is 1.70. The van der Waals surface area contributed by atoms with Crippen LogP contribution >= 0.6 is 0 Å². The van der Waals surface area contributed by atoms with Crippen molar-refractivity contribution in [2.45, 2.75) is 18.9 Å².